The van der Waals surface area contributed by atoms with E-state index in [1.807, 2.05) is 17.9 Å². The number of nitrogens with zero attached hydrogens (tertiary/aromatic N) is 5. The van der Waals surface area contributed by atoms with E-state index in [4.69, 9.17) is 0 Å². The van der Waals surface area contributed by atoms with Gasteiger partial charge in [0, 0.05) is 60.2 Å². The van der Waals surface area contributed by atoms with Gasteiger partial charge in [-0.25, -0.2) is 8.78 Å². The number of piperazine rings is 1. The third-order valence-corrected chi connectivity index (χ3v) is 6.68. The van der Waals surface area contributed by atoms with Crippen LogP contribution in [-0.4, -0.2) is 47.7 Å². The molecule has 1 aromatic heterocycles. The highest BCUT2D eigenvalue weighted by Crippen LogP contribution is 2.42. The second-order valence-electron chi connectivity index (χ2n) is 8.90. The number of pyridine rings is 1. The Morgan fingerprint density at radius 3 is 2.69 bits per heavy atom. The molecular weight excluding hydrogens is 460 g/mol. The summed E-state index contributed by atoms with van der Waals surface area (Å²) in [6.45, 7) is 12.0. The summed E-state index contributed by atoms with van der Waals surface area (Å²) in [5.74, 6) is -1.11. The van der Waals surface area contributed by atoms with Crippen molar-refractivity contribution in [2.24, 2.45) is 4.99 Å². The topological polar surface area (TPSA) is 72.6 Å². The van der Waals surface area contributed by atoms with Gasteiger partial charge in [-0.15, -0.1) is 0 Å². The number of aromatic nitrogens is 1. The van der Waals surface area contributed by atoms with Gasteiger partial charge >= 0.3 is 0 Å². The molecule has 0 bridgehead atoms. The van der Waals surface area contributed by atoms with Crippen LogP contribution in [0.1, 0.15) is 30.5 Å². The molecule has 1 amide bonds. The van der Waals surface area contributed by atoms with Gasteiger partial charge < -0.3 is 9.80 Å². The van der Waals surface area contributed by atoms with Crippen molar-refractivity contribution < 1.29 is 13.6 Å². The normalized spacial score (nSPS) is 16.0. The van der Waals surface area contributed by atoms with Gasteiger partial charge in [0.2, 0.25) is 5.91 Å². The summed E-state index contributed by atoms with van der Waals surface area (Å²) in [7, 11) is 0. The minimum atomic E-state index is -0.553. The number of aryl methyl sites for hydroxylation is 1. The number of anilines is 1. The Morgan fingerprint density at radius 2 is 2.06 bits per heavy atom. The van der Waals surface area contributed by atoms with E-state index in [2.05, 4.69) is 22.6 Å². The molecule has 36 heavy (non-hydrogen) atoms. The Hall–Kier alpha value is -4.12. The van der Waals surface area contributed by atoms with Crippen LogP contribution in [0.4, 0.5) is 20.2 Å². The van der Waals surface area contributed by atoms with Crippen LogP contribution >= 0.6 is 0 Å². The molecule has 0 saturated carbocycles. The Morgan fingerprint density at radius 1 is 1.31 bits per heavy atom. The lowest BCUT2D eigenvalue weighted by Crippen LogP contribution is -2.53. The minimum absolute atomic E-state index is 0.117. The van der Waals surface area contributed by atoms with Gasteiger partial charge in [-0.2, -0.15) is 5.26 Å². The van der Waals surface area contributed by atoms with Gasteiger partial charge in [-0.1, -0.05) is 6.58 Å². The molecule has 0 N–H and O–H groups in total. The van der Waals surface area contributed by atoms with Gasteiger partial charge in [-0.3, -0.25) is 14.8 Å². The van der Waals surface area contributed by atoms with E-state index in [0.29, 0.717) is 64.2 Å². The summed E-state index contributed by atoms with van der Waals surface area (Å²) in [5, 5.41) is 10.4. The summed E-state index contributed by atoms with van der Waals surface area (Å²) in [4.78, 5) is 24.5. The molecule has 0 spiro atoms. The number of aliphatic imine (C=N–C) groups is 1. The SMILES string of the molecule is C=CC(=O)N1CCN(c2c(C#N)cnc3c(F)c(-c4ccc(F)c(C)c4N=CC)c(C)cc23)[C@@H](C)C1. The zero-order valence-electron chi connectivity index (χ0n) is 20.8. The fourth-order valence-electron chi connectivity index (χ4n) is 4.92. The van der Waals surface area contributed by atoms with Gasteiger partial charge in [0.15, 0.2) is 5.82 Å². The number of amides is 1. The van der Waals surface area contributed by atoms with E-state index in [9.17, 15) is 14.4 Å². The highest BCUT2D eigenvalue weighted by Gasteiger charge is 2.30. The second kappa shape index (κ2) is 9.86. The van der Waals surface area contributed by atoms with E-state index in [1.54, 1.807) is 31.9 Å². The molecule has 4 rings (SSSR count). The fraction of sp³-hybridized carbons (Fsp3) is 0.286. The van der Waals surface area contributed by atoms with E-state index in [0.717, 1.165) is 0 Å². The van der Waals surface area contributed by atoms with Gasteiger partial charge in [-0.05, 0) is 57.5 Å². The molecular formula is C28H27F2N5O. The molecule has 1 aliphatic rings. The van der Waals surface area contributed by atoms with Crippen molar-refractivity contribution in [2.75, 3.05) is 24.5 Å². The molecule has 0 aliphatic carbocycles. The number of hydrogen-bond acceptors (Lipinski definition) is 5. The molecule has 0 unspecified atom stereocenters. The number of rotatable bonds is 4. The smallest absolute Gasteiger partial charge is 0.246 e. The monoisotopic (exact) mass is 487 g/mol. The van der Waals surface area contributed by atoms with Crippen LogP contribution < -0.4 is 4.90 Å². The maximum Gasteiger partial charge on any atom is 0.246 e. The van der Waals surface area contributed by atoms with Crippen LogP contribution in [-0.2, 0) is 4.79 Å². The summed E-state index contributed by atoms with van der Waals surface area (Å²) < 4.78 is 30.5. The molecule has 2 heterocycles. The number of hydrogen-bond donors (Lipinski definition) is 0. The van der Waals surface area contributed by atoms with E-state index >= 15 is 4.39 Å². The average Bonchev–Trinajstić information content (AvgIpc) is 2.87. The third-order valence-electron chi connectivity index (χ3n) is 6.68. The van der Waals surface area contributed by atoms with Crippen LogP contribution in [0.3, 0.4) is 0 Å². The summed E-state index contributed by atoms with van der Waals surface area (Å²) in [6.07, 6.45) is 4.22. The van der Waals surface area contributed by atoms with Crippen molar-refractivity contribution in [3.63, 3.8) is 0 Å². The zero-order valence-corrected chi connectivity index (χ0v) is 20.8. The molecule has 1 atom stereocenters. The third kappa shape index (κ3) is 4.11. The average molecular weight is 488 g/mol. The van der Waals surface area contributed by atoms with Gasteiger partial charge in [0.1, 0.15) is 17.4 Å². The van der Waals surface area contributed by atoms with Crippen molar-refractivity contribution >= 4 is 34.4 Å². The number of halogens is 2. The fourth-order valence-corrected chi connectivity index (χ4v) is 4.92. The number of fused-ring (bicyclic) bond motifs is 1. The first-order valence-electron chi connectivity index (χ1n) is 11.7. The largest absolute Gasteiger partial charge is 0.364 e. The summed E-state index contributed by atoms with van der Waals surface area (Å²) in [6, 6.07) is 6.74. The highest BCUT2D eigenvalue weighted by molar-refractivity contribution is 5.99. The number of carbonyl (C=O) groups excluding carboxylic acids is 1. The molecule has 184 valence electrons. The lowest BCUT2D eigenvalue weighted by atomic mass is 9.93. The van der Waals surface area contributed by atoms with Gasteiger partial charge in [0.25, 0.3) is 0 Å². The van der Waals surface area contributed by atoms with Crippen molar-refractivity contribution in [2.45, 2.75) is 33.7 Å². The summed E-state index contributed by atoms with van der Waals surface area (Å²) >= 11 is 0. The molecule has 1 saturated heterocycles. The second-order valence-corrected chi connectivity index (χ2v) is 8.90. The molecule has 3 aromatic rings. The Balaban J connectivity index is 1.93. The maximum atomic E-state index is 16.2. The Labute approximate surface area is 209 Å². The minimum Gasteiger partial charge on any atom is -0.364 e. The predicted octanol–water partition coefficient (Wildman–Crippen LogP) is 5.61. The number of nitriles is 1. The Kier molecular flexibility index (Phi) is 6.84. The highest BCUT2D eigenvalue weighted by atomic mass is 19.1. The zero-order chi connectivity index (χ0) is 26.1. The molecule has 2 aromatic carbocycles. The van der Waals surface area contributed by atoms with Crippen molar-refractivity contribution in [3.05, 3.63) is 65.4 Å². The first-order chi connectivity index (χ1) is 17.2. The molecule has 8 heteroatoms. The maximum absolute atomic E-state index is 16.2. The van der Waals surface area contributed by atoms with Crippen molar-refractivity contribution in [1.29, 1.82) is 5.26 Å². The Bertz CT molecular complexity index is 1460. The van der Waals surface area contributed by atoms with Crippen molar-refractivity contribution in [1.82, 2.24) is 9.88 Å². The van der Waals surface area contributed by atoms with E-state index in [1.165, 1.54) is 24.4 Å². The van der Waals surface area contributed by atoms with Crippen LogP contribution in [0.2, 0.25) is 0 Å². The summed E-state index contributed by atoms with van der Waals surface area (Å²) in [5.41, 5.74) is 3.13. The molecule has 6 nitrogen and oxygen atoms in total. The van der Waals surface area contributed by atoms with Crippen LogP contribution in [0, 0.1) is 36.8 Å². The predicted molar refractivity (Wildman–Crippen MR) is 139 cm³/mol. The molecule has 1 aliphatic heterocycles. The van der Waals surface area contributed by atoms with Crippen LogP contribution in [0.25, 0.3) is 22.0 Å². The van der Waals surface area contributed by atoms with E-state index in [-0.39, 0.29) is 17.5 Å². The number of carbonyl (C=O) groups is 1. The molecule has 0 radical (unpaired) electrons. The van der Waals surface area contributed by atoms with Crippen LogP contribution in [0.15, 0.2) is 42.0 Å². The standard InChI is InChI=1S/C28H27F2N5O/c1-6-23(36)34-10-11-35(17(4)15-34)28-19(13-31)14-33-27-21(28)12-16(3)24(25(27)30)20-8-9-22(29)18(5)26(20)32-7-2/h6-9,12,14,17H,1,10-11,15H2,2-5H3/t17-/m0/s1. The lowest BCUT2D eigenvalue weighted by molar-refractivity contribution is -0.126. The molecule has 1 fully saturated rings. The van der Waals surface area contributed by atoms with Gasteiger partial charge in [0.05, 0.1) is 16.9 Å². The first kappa shape index (κ1) is 25.0. The number of benzene rings is 2. The quantitative estimate of drug-likeness (QED) is 0.354. The van der Waals surface area contributed by atoms with Crippen molar-refractivity contribution in [3.8, 4) is 17.2 Å². The van der Waals surface area contributed by atoms with Crippen LogP contribution in [0.5, 0.6) is 0 Å². The first-order valence-corrected chi connectivity index (χ1v) is 11.7. The lowest BCUT2D eigenvalue weighted by Gasteiger charge is -2.41. The van der Waals surface area contributed by atoms with E-state index < -0.39 is 11.6 Å².